The highest BCUT2D eigenvalue weighted by Gasteiger charge is 2.27. The van der Waals surface area contributed by atoms with E-state index in [2.05, 4.69) is 10.6 Å². The molecule has 7 nitrogen and oxygen atoms in total. The number of hydrogen-bond donors (Lipinski definition) is 2. The lowest BCUT2D eigenvalue weighted by molar-refractivity contribution is -0.136. The molecule has 1 aliphatic heterocycles. The normalized spacial score (nSPS) is 18.2. The molecule has 0 bridgehead atoms. The average Bonchev–Trinajstić information content (AvgIpc) is 3.62. The van der Waals surface area contributed by atoms with Crippen molar-refractivity contribution in [1.29, 1.82) is 0 Å². The lowest BCUT2D eigenvalue weighted by Gasteiger charge is -2.30. The van der Waals surface area contributed by atoms with Gasteiger partial charge < -0.3 is 25.0 Å². The summed E-state index contributed by atoms with van der Waals surface area (Å²) >= 11 is 0. The molecule has 2 fully saturated rings. The van der Waals surface area contributed by atoms with Crippen LogP contribution in [0.4, 0.5) is 0 Å². The van der Waals surface area contributed by atoms with Crippen molar-refractivity contribution in [2.45, 2.75) is 32.1 Å². The van der Waals surface area contributed by atoms with Crippen LogP contribution in [0.1, 0.15) is 37.7 Å². The van der Waals surface area contributed by atoms with Gasteiger partial charge in [0.05, 0.1) is 25.7 Å². The van der Waals surface area contributed by atoms with E-state index >= 15 is 0 Å². The van der Waals surface area contributed by atoms with Gasteiger partial charge in [0.1, 0.15) is 0 Å². The highest BCUT2D eigenvalue weighted by molar-refractivity contribution is 5.85. The number of carbonyl (C=O) groups is 1. The van der Waals surface area contributed by atoms with Gasteiger partial charge in [0, 0.05) is 39.4 Å². The molecule has 1 heterocycles. The van der Waals surface area contributed by atoms with E-state index in [4.69, 9.17) is 14.5 Å². The average molecular weight is 417 g/mol. The molecule has 1 saturated heterocycles. The SMILES string of the molecule is CCNC(=NCC(C(=O)N1CCOCC1)c1ccccc1)NCCCOCC1CC1. The van der Waals surface area contributed by atoms with E-state index in [-0.39, 0.29) is 11.8 Å². The van der Waals surface area contributed by atoms with Gasteiger partial charge in [0.2, 0.25) is 5.91 Å². The van der Waals surface area contributed by atoms with E-state index in [0.29, 0.717) is 32.8 Å². The Kier molecular flexibility index (Phi) is 9.44. The van der Waals surface area contributed by atoms with E-state index in [1.807, 2.05) is 42.2 Å². The number of guanidine groups is 1. The van der Waals surface area contributed by atoms with Gasteiger partial charge in [0.15, 0.2) is 5.96 Å². The van der Waals surface area contributed by atoms with Gasteiger partial charge in [0.25, 0.3) is 0 Å². The molecule has 7 heteroatoms. The Balaban J connectivity index is 1.55. The minimum atomic E-state index is -0.290. The number of nitrogens with zero attached hydrogens (tertiary/aromatic N) is 2. The molecule has 2 N–H and O–H groups in total. The van der Waals surface area contributed by atoms with E-state index in [1.54, 1.807) is 0 Å². The summed E-state index contributed by atoms with van der Waals surface area (Å²) in [5.74, 6) is 1.38. The monoisotopic (exact) mass is 416 g/mol. The summed E-state index contributed by atoms with van der Waals surface area (Å²) in [6.45, 7) is 8.18. The van der Waals surface area contributed by atoms with Crippen LogP contribution >= 0.6 is 0 Å². The third-order valence-corrected chi connectivity index (χ3v) is 5.41. The summed E-state index contributed by atoms with van der Waals surface area (Å²) in [4.78, 5) is 19.8. The summed E-state index contributed by atoms with van der Waals surface area (Å²) in [6.07, 6.45) is 3.58. The number of ether oxygens (including phenoxy) is 2. The first-order valence-electron chi connectivity index (χ1n) is 11.3. The first-order valence-corrected chi connectivity index (χ1v) is 11.3. The van der Waals surface area contributed by atoms with Crippen molar-refractivity contribution in [3.63, 3.8) is 0 Å². The van der Waals surface area contributed by atoms with Gasteiger partial charge in [-0.2, -0.15) is 0 Å². The Bertz CT molecular complexity index is 658. The Morgan fingerprint density at radius 2 is 2.00 bits per heavy atom. The molecule has 166 valence electrons. The van der Waals surface area contributed by atoms with Crippen molar-refractivity contribution in [1.82, 2.24) is 15.5 Å². The van der Waals surface area contributed by atoms with Crippen LogP contribution in [0.5, 0.6) is 0 Å². The Labute approximate surface area is 180 Å². The number of nitrogens with one attached hydrogen (secondary N) is 2. The predicted octanol–water partition coefficient (Wildman–Crippen LogP) is 2.00. The lowest BCUT2D eigenvalue weighted by atomic mass is 9.97. The van der Waals surface area contributed by atoms with E-state index < -0.39 is 0 Å². The highest BCUT2D eigenvalue weighted by atomic mass is 16.5. The Morgan fingerprint density at radius 1 is 1.23 bits per heavy atom. The summed E-state index contributed by atoms with van der Waals surface area (Å²) in [5, 5.41) is 6.64. The van der Waals surface area contributed by atoms with Gasteiger partial charge in [-0.3, -0.25) is 9.79 Å². The van der Waals surface area contributed by atoms with Crippen LogP contribution in [0.3, 0.4) is 0 Å². The summed E-state index contributed by atoms with van der Waals surface area (Å²) in [7, 11) is 0. The number of amides is 1. The molecule has 0 spiro atoms. The summed E-state index contributed by atoms with van der Waals surface area (Å²) in [6, 6.07) is 9.94. The second-order valence-electron chi connectivity index (χ2n) is 7.92. The van der Waals surface area contributed by atoms with Crippen molar-refractivity contribution >= 4 is 11.9 Å². The molecule has 2 aliphatic rings. The molecule has 0 radical (unpaired) electrons. The van der Waals surface area contributed by atoms with Gasteiger partial charge in [-0.1, -0.05) is 30.3 Å². The Morgan fingerprint density at radius 3 is 2.70 bits per heavy atom. The molecule has 1 aromatic carbocycles. The van der Waals surface area contributed by atoms with Crippen LogP contribution in [0.2, 0.25) is 0 Å². The fourth-order valence-electron chi connectivity index (χ4n) is 3.46. The van der Waals surface area contributed by atoms with Crippen molar-refractivity contribution in [3.8, 4) is 0 Å². The van der Waals surface area contributed by atoms with Crippen LogP contribution in [0.25, 0.3) is 0 Å². The zero-order chi connectivity index (χ0) is 21.0. The number of hydrogen-bond acceptors (Lipinski definition) is 4. The van der Waals surface area contributed by atoms with Gasteiger partial charge in [-0.15, -0.1) is 0 Å². The molecule has 1 aliphatic carbocycles. The lowest BCUT2D eigenvalue weighted by Crippen LogP contribution is -2.44. The number of rotatable bonds is 11. The zero-order valence-corrected chi connectivity index (χ0v) is 18.1. The molecule has 1 unspecified atom stereocenters. The quantitative estimate of drug-likeness (QED) is 0.328. The van der Waals surface area contributed by atoms with Crippen LogP contribution in [0.15, 0.2) is 35.3 Å². The Hall–Kier alpha value is -2.12. The third kappa shape index (κ3) is 7.61. The van der Waals surface area contributed by atoms with E-state index in [1.165, 1.54) is 12.8 Å². The third-order valence-electron chi connectivity index (χ3n) is 5.41. The molecule has 1 amide bonds. The van der Waals surface area contributed by atoms with E-state index in [9.17, 15) is 4.79 Å². The van der Waals surface area contributed by atoms with Crippen molar-refractivity contribution in [2.75, 3.05) is 59.2 Å². The molecule has 30 heavy (non-hydrogen) atoms. The fourth-order valence-corrected chi connectivity index (χ4v) is 3.46. The maximum Gasteiger partial charge on any atom is 0.232 e. The van der Waals surface area contributed by atoms with Crippen LogP contribution in [0, 0.1) is 5.92 Å². The number of morpholine rings is 1. The first-order chi connectivity index (χ1) is 14.8. The highest BCUT2D eigenvalue weighted by Crippen LogP contribution is 2.28. The molecule has 3 rings (SSSR count). The second kappa shape index (κ2) is 12.5. The van der Waals surface area contributed by atoms with Crippen molar-refractivity contribution in [3.05, 3.63) is 35.9 Å². The van der Waals surface area contributed by atoms with Crippen LogP contribution < -0.4 is 10.6 Å². The van der Waals surface area contributed by atoms with Crippen molar-refractivity contribution < 1.29 is 14.3 Å². The van der Waals surface area contributed by atoms with Gasteiger partial charge in [-0.25, -0.2) is 0 Å². The number of aliphatic imine (C=N–C) groups is 1. The summed E-state index contributed by atoms with van der Waals surface area (Å²) in [5.41, 5.74) is 1.00. The molecule has 1 atom stereocenters. The fraction of sp³-hybridized carbons (Fsp3) is 0.652. The number of benzene rings is 1. The second-order valence-corrected chi connectivity index (χ2v) is 7.92. The van der Waals surface area contributed by atoms with Gasteiger partial charge >= 0.3 is 0 Å². The minimum Gasteiger partial charge on any atom is -0.381 e. The predicted molar refractivity (Wildman–Crippen MR) is 119 cm³/mol. The molecular weight excluding hydrogens is 380 g/mol. The number of carbonyl (C=O) groups excluding carboxylic acids is 1. The zero-order valence-electron chi connectivity index (χ0n) is 18.1. The summed E-state index contributed by atoms with van der Waals surface area (Å²) < 4.78 is 11.1. The largest absolute Gasteiger partial charge is 0.381 e. The van der Waals surface area contributed by atoms with Gasteiger partial charge in [-0.05, 0) is 37.7 Å². The van der Waals surface area contributed by atoms with Crippen LogP contribution in [-0.2, 0) is 14.3 Å². The standard InChI is InChI=1S/C23H36N4O3/c1-2-24-23(25-11-6-14-30-18-19-9-10-19)26-17-21(20-7-4-3-5-8-20)22(28)27-12-15-29-16-13-27/h3-5,7-8,19,21H,2,6,9-18H2,1H3,(H2,24,25,26). The molecular formula is C23H36N4O3. The smallest absolute Gasteiger partial charge is 0.232 e. The topological polar surface area (TPSA) is 75.2 Å². The molecule has 1 aromatic rings. The van der Waals surface area contributed by atoms with Crippen LogP contribution in [-0.4, -0.2) is 75.9 Å². The van der Waals surface area contributed by atoms with Crippen molar-refractivity contribution in [2.24, 2.45) is 10.9 Å². The maximum absolute atomic E-state index is 13.2. The minimum absolute atomic E-state index is 0.123. The molecule has 1 saturated carbocycles. The maximum atomic E-state index is 13.2. The van der Waals surface area contributed by atoms with E-state index in [0.717, 1.165) is 50.2 Å². The molecule has 0 aromatic heterocycles. The first kappa shape index (κ1) is 22.6.